The van der Waals surface area contributed by atoms with Crippen molar-refractivity contribution in [2.75, 3.05) is 19.5 Å². The summed E-state index contributed by atoms with van der Waals surface area (Å²) in [4.78, 5) is 12.7. The van der Waals surface area contributed by atoms with E-state index in [0.29, 0.717) is 5.75 Å². The first-order chi connectivity index (χ1) is 15.9. The van der Waals surface area contributed by atoms with E-state index >= 15 is 0 Å². The Morgan fingerprint density at radius 2 is 1.79 bits per heavy atom. The summed E-state index contributed by atoms with van der Waals surface area (Å²) in [6.07, 6.45) is 3.35. The lowest BCUT2D eigenvalue weighted by Gasteiger charge is -2.14. The summed E-state index contributed by atoms with van der Waals surface area (Å²) in [5.74, 6) is 1.27. The lowest BCUT2D eigenvalue weighted by atomic mass is 9.96. The van der Waals surface area contributed by atoms with Crippen molar-refractivity contribution in [3.63, 3.8) is 0 Å². The van der Waals surface area contributed by atoms with Crippen LogP contribution in [0.15, 0.2) is 71.4 Å². The number of furan rings is 1. The smallest absolute Gasteiger partial charge is 0.248 e. The molecule has 0 saturated carbocycles. The Balaban J connectivity index is 1.78. The van der Waals surface area contributed by atoms with Gasteiger partial charge in [-0.15, -0.1) is 0 Å². The molecule has 0 unspecified atom stereocenters. The number of methoxy groups -OCH3 is 2. The maximum Gasteiger partial charge on any atom is 0.248 e. The summed E-state index contributed by atoms with van der Waals surface area (Å²) in [6.45, 7) is 5.83. The second-order valence-corrected chi connectivity index (χ2v) is 7.97. The predicted octanol–water partition coefficient (Wildman–Crippen LogP) is 6.78. The average Bonchev–Trinajstić information content (AvgIpc) is 3.25. The number of carbonyl (C=O) groups is 1. The van der Waals surface area contributed by atoms with Crippen molar-refractivity contribution in [1.29, 1.82) is 0 Å². The van der Waals surface area contributed by atoms with Gasteiger partial charge in [-0.05, 0) is 61.7 Å². The molecule has 0 atom stereocenters. The maximum atomic E-state index is 12.7. The van der Waals surface area contributed by atoms with Crippen molar-refractivity contribution in [1.82, 2.24) is 0 Å². The molecule has 0 aliphatic heterocycles. The summed E-state index contributed by atoms with van der Waals surface area (Å²) in [7, 11) is 3.28. The topological polar surface area (TPSA) is 60.7 Å². The Morgan fingerprint density at radius 3 is 2.52 bits per heavy atom. The number of anilines is 1. The number of para-hydroxylation sites is 1. The first-order valence-electron chi connectivity index (χ1n) is 10.7. The minimum Gasteiger partial charge on any atom is -0.497 e. The summed E-state index contributed by atoms with van der Waals surface area (Å²) < 4.78 is 17.0. The van der Waals surface area contributed by atoms with Crippen molar-refractivity contribution >= 4 is 28.1 Å². The van der Waals surface area contributed by atoms with E-state index in [1.807, 2.05) is 75.4 Å². The van der Waals surface area contributed by atoms with Crippen molar-refractivity contribution in [3.8, 4) is 22.6 Å². The molecule has 168 valence electrons. The number of allylic oxidation sites excluding steroid dienone is 1. The lowest BCUT2D eigenvalue weighted by molar-refractivity contribution is -0.111. The molecule has 1 heterocycles. The van der Waals surface area contributed by atoms with Crippen LogP contribution in [0.4, 0.5) is 5.69 Å². The molecule has 4 aromatic rings. The molecule has 0 aliphatic carbocycles. The van der Waals surface area contributed by atoms with Crippen LogP contribution in [0, 0.1) is 13.8 Å². The van der Waals surface area contributed by atoms with Gasteiger partial charge in [0.05, 0.1) is 20.5 Å². The van der Waals surface area contributed by atoms with E-state index in [9.17, 15) is 4.79 Å². The SMILES string of the molecule is COc1cccc(-c2coc3c(C)c(OC)c(/C(C)=C/C(=O)Nc4ccccc4C)cc23)c1. The van der Waals surface area contributed by atoms with E-state index in [2.05, 4.69) is 5.32 Å². The van der Waals surface area contributed by atoms with Crippen LogP contribution in [-0.2, 0) is 4.79 Å². The molecule has 1 N–H and O–H groups in total. The fourth-order valence-electron chi connectivity index (χ4n) is 4.04. The minimum atomic E-state index is -0.193. The molecule has 4 rings (SSSR count). The van der Waals surface area contributed by atoms with E-state index < -0.39 is 0 Å². The molecular formula is C28H27NO4. The number of hydrogen-bond acceptors (Lipinski definition) is 4. The second kappa shape index (κ2) is 9.25. The molecule has 1 aromatic heterocycles. The molecule has 0 fully saturated rings. The van der Waals surface area contributed by atoms with Gasteiger partial charge in [0, 0.05) is 33.8 Å². The molecule has 3 aromatic carbocycles. The number of benzene rings is 3. The zero-order chi connectivity index (χ0) is 23.5. The molecule has 0 saturated heterocycles. The van der Waals surface area contributed by atoms with Crippen LogP contribution in [-0.4, -0.2) is 20.1 Å². The Bertz CT molecular complexity index is 1360. The van der Waals surface area contributed by atoms with Crippen LogP contribution in [0.25, 0.3) is 27.7 Å². The molecule has 5 nitrogen and oxygen atoms in total. The maximum absolute atomic E-state index is 12.7. The summed E-state index contributed by atoms with van der Waals surface area (Å²) in [5.41, 5.74) is 7.01. The molecule has 33 heavy (non-hydrogen) atoms. The first kappa shape index (κ1) is 22.2. The number of ether oxygens (including phenoxy) is 2. The van der Waals surface area contributed by atoms with Gasteiger partial charge in [-0.1, -0.05) is 30.3 Å². The normalized spacial score (nSPS) is 11.5. The van der Waals surface area contributed by atoms with Crippen LogP contribution in [0.3, 0.4) is 0 Å². The van der Waals surface area contributed by atoms with Crippen molar-refractivity contribution in [3.05, 3.63) is 83.6 Å². The van der Waals surface area contributed by atoms with Gasteiger partial charge in [0.2, 0.25) is 5.91 Å². The van der Waals surface area contributed by atoms with E-state index in [4.69, 9.17) is 13.9 Å². The van der Waals surface area contributed by atoms with Crippen LogP contribution < -0.4 is 14.8 Å². The number of aryl methyl sites for hydroxylation is 2. The molecule has 5 heteroatoms. The van der Waals surface area contributed by atoms with Gasteiger partial charge in [-0.25, -0.2) is 0 Å². The highest BCUT2D eigenvalue weighted by atomic mass is 16.5. The molecule has 0 spiro atoms. The Kier molecular flexibility index (Phi) is 6.22. The fraction of sp³-hybridized carbons (Fsp3) is 0.179. The monoisotopic (exact) mass is 441 g/mol. The van der Waals surface area contributed by atoms with E-state index in [-0.39, 0.29) is 5.91 Å². The highest BCUT2D eigenvalue weighted by Crippen LogP contribution is 2.41. The first-order valence-corrected chi connectivity index (χ1v) is 10.7. The van der Waals surface area contributed by atoms with Gasteiger partial charge in [-0.2, -0.15) is 0 Å². The third-order valence-electron chi connectivity index (χ3n) is 5.80. The second-order valence-electron chi connectivity index (χ2n) is 7.97. The number of nitrogens with one attached hydrogen (secondary N) is 1. The van der Waals surface area contributed by atoms with Gasteiger partial charge < -0.3 is 19.2 Å². The van der Waals surface area contributed by atoms with Gasteiger partial charge in [0.1, 0.15) is 17.1 Å². The molecule has 1 amide bonds. The summed E-state index contributed by atoms with van der Waals surface area (Å²) in [5, 5.41) is 3.90. The highest BCUT2D eigenvalue weighted by Gasteiger charge is 2.19. The number of hydrogen-bond donors (Lipinski definition) is 1. The average molecular weight is 442 g/mol. The van der Waals surface area contributed by atoms with Crippen molar-refractivity contribution in [2.24, 2.45) is 0 Å². The summed E-state index contributed by atoms with van der Waals surface area (Å²) >= 11 is 0. The van der Waals surface area contributed by atoms with Crippen molar-refractivity contribution in [2.45, 2.75) is 20.8 Å². The zero-order valence-electron chi connectivity index (χ0n) is 19.5. The Labute approximate surface area is 193 Å². The number of carbonyl (C=O) groups excluding carboxylic acids is 1. The van der Waals surface area contributed by atoms with Gasteiger partial charge in [0.25, 0.3) is 0 Å². The lowest BCUT2D eigenvalue weighted by Crippen LogP contribution is -2.09. The zero-order valence-corrected chi connectivity index (χ0v) is 19.5. The van der Waals surface area contributed by atoms with E-state index in [1.54, 1.807) is 26.6 Å². The predicted molar refractivity (Wildman–Crippen MR) is 133 cm³/mol. The fourth-order valence-corrected chi connectivity index (χ4v) is 4.04. The minimum absolute atomic E-state index is 0.193. The molecular weight excluding hydrogens is 414 g/mol. The number of amides is 1. The molecule has 0 bridgehead atoms. The highest BCUT2D eigenvalue weighted by molar-refractivity contribution is 6.06. The Hall–Kier alpha value is -3.99. The van der Waals surface area contributed by atoms with Gasteiger partial charge >= 0.3 is 0 Å². The molecule has 0 aliphatic rings. The van der Waals surface area contributed by atoms with Crippen LogP contribution in [0.1, 0.15) is 23.6 Å². The van der Waals surface area contributed by atoms with Gasteiger partial charge in [-0.3, -0.25) is 4.79 Å². The van der Waals surface area contributed by atoms with Crippen LogP contribution in [0.2, 0.25) is 0 Å². The van der Waals surface area contributed by atoms with Crippen LogP contribution >= 0.6 is 0 Å². The largest absolute Gasteiger partial charge is 0.497 e. The number of fused-ring (bicyclic) bond motifs is 1. The third-order valence-corrected chi connectivity index (χ3v) is 5.80. The summed E-state index contributed by atoms with van der Waals surface area (Å²) in [6, 6.07) is 17.6. The quantitative estimate of drug-likeness (QED) is 0.335. The molecule has 0 radical (unpaired) electrons. The van der Waals surface area contributed by atoms with E-state index in [0.717, 1.165) is 55.8 Å². The Morgan fingerprint density at radius 1 is 1.00 bits per heavy atom. The van der Waals surface area contributed by atoms with E-state index in [1.165, 1.54) is 0 Å². The number of rotatable bonds is 6. The standard InChI is InChI=1S/C28H27NO4/c1-17-9-6-7-12-25(17)29-26(30)13-18(2)22-15-23-24(20-10-8-11-21(14-20)31-4)16-33-28(23)19(3)27(22)32-5/h6-16H,1-5H3,(H,29,30)/b18-13+. The van der Waals surface area contributed by atoms with Gasteiger partial charge in [0.15, 0.2) is 0 Å². The third kappa shape index (κ3) is 4.35. The van der Waals surface area contributed by atoms with Crippen LogP contribution in [0.5, 0.6) is 11.5 Å². The van der Waals surface area contributed by atoms with Crippen molar-refractivity contribution < 1.29 is 18.7 Å².